The van der Waals surface area contributed by atoms with Gasteiger partial charge in [0.15, 0.2) is 6.61 Å². The van der Waals surface area contributed by atoms with Crippen LogP contribution >= 0.6 is 11.6 Å². The summed E-state index contributed by atoms with van der Waals surface area (Å²) in [6.07, 6.45) is 0. The minimum absolute atomic E-state index is 0.160. The summed E-state index contributed by atoms with van der Waals surface area (Å²) in [4.78, 5) is 27.4. The maximum atomic E-state index is 13.0. The molecule has 166 valence electrons. The number of nitrogens with one attached hydrogen (secondary N) is 1. The second-order valence-corrected chi connectivity index (χ2v) is 8.07. The first kappa shape index (κ1) is 23.4. The normalized spacial score (nSPS) is 11.5. The van der Waals surface area contributed by atoms with Crippen molar-refractivity contribution in [2.24, 2.45) is 0 Å². The van der Waals surface area contributed by atoms with Crippen LogP contribution < -0.4 is 10.1 Å². The molecule has 0 aliphatic rings. The average molecular weight is 451 g/mol. The molecule has 0 bridgehead atoms. The number of carbonyl (C=O) groups excluding carboxylic acids is 2. The monoisotopic (exact) mass is 450 g/mol. The molecule has 2 amide bonds. The van der Waals surface area contributed by atoms with Crippen molar-refractivity contribution in [2.75, 3.05) is 6.61 Å². The van der Waals surface area contributed by atoms with Gasteiger partial charge >= 0.3 is 0 Å². The van der Waals surface area contributed by atoms with E-state index in [-0.39, 0.29) is 25.0 Å². The Morgan fingerprint density at radius 1 is 0.938 bits per heavy atom. The van der Waals surface area contributed by atoms with Gasteiger partial charge in [0.05, 0.1) is 0 Å². The van der Waals surface area contributed by atoms with E-state index in [2.05, 4.69) is 5.32 Å². The van der Waals surface area contributed by atoms with E-state index in [1.165, 1.54) is 4.90 Å². The SMILES string of the molecule is Cc1ccc(CNC(=O)[C@H](C)N(Cc2ccc(Cl)cc2)C(=O)COc2ccccc2)cc1. The lowest BCUT2D eigenvalue weighted by atomic mass is 10.1. The summed E-state index contributed by atoms with van der Waals surface area (Å²) in [5.74, 6) is 0.0955. The summed E-state index contributed by atoms with van der Waals surface area (Å²) >= 11 is 5.99. The van der Waals surface area contributed by atoms with Crippen molar-refractivity contribution in [2.45, 2.75) is 33.0 Å². The van der Waals surface area contributed by atoms with Crippen LogP contribution in [-0.4, -0.2) is 29.4 Å². The van der Waals surface area contributed by atoms with Gasteiger partial charge in [-0.2, -0.15) is 0 Å². The van der Waals surface area contributed by atoms with Crippen LogP contribution in [0.1, 0.15) is 23.6 Å². The van der Waals surface area contributed by atoms with E-state index in [1.54, 1.807) is 31.2 Å². The van der Waals surface area contributed by atoms with Crippen LogP contribution in [0.5, 0.6) is 5.75 Å². The highest BCUT2D eigenvalue weighted by molar-refractivity contribution is 6.30. The van der Waals surface area contributed by atoms with Gasteiger partial charge < -0.3 is 15.0 Å². The van der Waals surface area contributed by atoms with E-state index in [0.717, 1.165) is 16.7 Å². The van der Waals surface area contributed by atoms with Crippen molar-refractivity contribution < 1.29 is 14.3 Å². The summed E-state index contributed by atoms with van der Waals surface area (Å²) < 4.78 is 5.63. The molecular formula is C26H27ClN2O3. The van der Waals surface area contributed by atoms with Crippen LogP contribution in [-0.2, 0) is 22.7 Å². The van der Waals surface area contributed by atoms with Crippen molar-refractivity contribution in [3.8, 4) is 5.75 Å². The number of nitrogens with zero attached hydrogens (tertiary/aromatic N) is 1. The molecule has 5 nitrogen and oxygen atoms in total. The molecule has 3 rings (SSSR count). The summed E-state index contributed by atoms with van der Waals surface area (Å²) in [5, 5.41) is 3.54. The largest absolute Gasteiger partial charge is 0.484 e. The molecule has 0 aliphatic carbocycles. The lowest BCUT2D eigenvalue weighted by Gasteiger charge is -2.28. The quantitative estimate of drug-likeness (QED) is 0.511. The Labute approximate surface area is 194 Å². The third-order valence-corrected chi connectivity index (χ3v) is 5.38. The molecule has 0 spiro atoms. The maximum absolute atomic E-state index is 13.0. The van der Waals surface area contributed by atoms with Crippen molar-refractivity contribution in [3.63, 3.8) is 0 Å². The first-order chi connectivity index (χ1) is 15.4. The highest BCUT2D eigenvalue weighted by Gasteiger charge is 2.26. The number of halogens is 1. The fraction of sp³-hybridized carbons (Fsp3) is 0.231. The van der Waals surface area contributed by atoms with Gasteiger partial charge in [0.2, 0.25) is 5.91 Å². The molecule has 0 fully saturated rings. The fourth-order valence-electron chi connectivity index (χ4n) is 3.16. The zero-order valence-electron chi connectivity index (χ0n) is 18.3. The standard InChI is InChI=1S/C26H27ClN2O3/c1-19-8-10-21(11-9-19)16-28-26(31)20(2)29(17-22-12-14-23(27)15-13-22)25(30)18-32-24-6-4-3-5-7-24/h3-15,20H,16-18H2,1-2H3,(H,28,31)/t20-/m0/s1. The molecule has 3 aromatic rings. The van der Waals surface area contributed by atoms with Crippen molar-refractivity contribution >= 4 is 23.4 Å². The molecule has 0 radical (unpaired) electrons. The zero-order valence-corrected chi connectivity index (χ0v) is 19.0. The van der Waals surface area contributed by atoms with E-state index in [4.69, 9.17) is 16.3 Å². The number of para-hydroxylation sites is 1. The summed E-state index contributed by atoms with van der Waals surface area (Å²) in [6, 6.07) is 23.6. The van der Waals surface area contributed by atoms with Crippen LogP contribution in [0, 0.1) is 6.92 Å². The third kappa shape index (κ3) is 6.86. The first-order valence-corrected chi connectivity index (χ1v) is 10.8. The van der Waals surface area contributed by atoms with Gasteiger partial charge in [-0.15, -0.1) is 0 Å². The minimum atomic E-state index is -0.678. The van der Waals surface area contributed by atoms with E-state index in [0.29, 0.717) is 17.3 Å². The Hall–Kier alpha value is -3.31. The number of carbonyl (C=O) groups is 2. The number of ether oxygens (including phenoxy) is 1. The third-order valence-electron chi connectivity index (χ3n) is 5.13. The second-order valence-electron chi connectivity index (χ2n) is 7.63. The molecule has 3 aromatic carbocycles. The lowest BCUT2D eigenvalue weighted by molar-refractivity contribution is -0.142. The van der Waals surface area contributed by atoms with Crippen molar-refractivity contribution in [3.05, 3.63) is 101 Å². The molecular weight excluding hydrogens is 424 g/mol. The summed E-state index contributed by atoms with van der Waals surface area (Å²) in [6.45, 7) is 4.25. The first-order valence-electron chi connectivity index (χ1n) is 10.5. The van der Waals surface area contributed by atoms with E-state index in [1.807, 2.05) is 61.5 Å². The van der Waals surface area contributed by atoms with Crippen LogP contribution in [0.2, 0.25) is 5.02 Å². The molecule has 1 atom stereocenters. The fourth-order valence-corrected chi connectivity index (χ4v) is 3.28. The lowest BCUT2D eigenvalue weighted by Crippen LogP contribution is -2.48. The van der Waals surface area contributed by atoms with Crippen LogP contribution in [0.3, 0.4) is 0 Å². The molecule has 1 N–H and O–H groups in total. The van der Waals surface area contributed by atoms with Crippen LogP contribution in [0.25, 0.3) is 0 Å². The predicted octanol–water partition coefficient (Wildman–Crippen LogP) is 4.76. The Kier molecular flexibility index (Phi) is 8.28. The number of hydrogen-bond donors (Lipinski definition) is 1. The second kappa shape index (κ2) is 11.3. The molecule has 0 unspecified atom stereocenters. The van der Waals surface area contributed by atoms with Crippen molar-refractivity contribution in [1.29, 1.82) is 0 Å². The van der Waals surface area contributed by atoms with Crippen molar-refractivity contribution in [1.82, 2.24) is 10.2 Å². The minimum Gasteiger partial charge on any atom is -0.484 e. The molecule has 6 heteroatoms. The van der Waals surface area contributed by atoms with Crippen LogP contribution in [0.4, 0.5) is 0 Å². The number of benzene rings is 3. The number of rotatable bonds is 9. The average Bonchev–Trinajstić information content (AvgIpc) is 2.82. The molecule has 0 saturated carbocycles. The Bertz CT molecular complexity index is 1020. The Morgan fingerprint density at radius 2 is 1.56 bits per heavy atom. The summed E-state index contributed by atoms with van der Waals surface area (Å²) in [7, 11) is 0. The Balaban J connectivity index is 1.68. The smallest absolute Gasteiger partial charge is 0.261 e. The molecule has 0 aromatic heterocycles. The van der Waals surface area contributed by atoms with Gasteiger partial charge in [-0.1, -0.05) is 71.8 Å². The molecule has 0 aliphatic heterocycles. The topological polar surface area (TPSA) is 58.6 Å². The highest BCUT2D eigenvalue weighted by atomic mass is 35.5. The molecule has 0 heterocycles. The van der Waals surface area contributed by atoms with Crippen LogP contribution in [0.15, 0.2) is 78.9 Å². The van der Waals surface area contributed by atoms with E-state index in [9.17, 15) is 9.59 Å². The van der Waals surface area contributed by atoms with Gasteiger partial charge in [0, 0.05) is 18.1 Å². The van der Waals surface area contributed by atoms with E-state index < -0.39 is 6.04 Å². The Morgan fingerprint density at radius 3 is 2.22 bits per heavy atom. The van der Waals surface area contributed by atoms with E-state index >= 15 is 0 Å². The molecule has 32 heavy (non-hydrogen) atoms. The van der Waals surface area contributed by atoms with Gasteiger partial charge in [-0.3, -0.25) is 9.59 Å². The van der Waals surface area contributed by atoms with Gasteiger partial charge in [-0.05, 0) is 49.2 Å². The van der Waals surface area contributed by atoms with Gasteiger partial charge in [0.25, 0.3) is 5.91 Å². The number of hydrogen-bond acceptors (Lipinski definition) is 3. The number of amides is 2. The number of aryl methyl sites for hydroxylation is 1. The predicted molar refractivity (Wildman–Crippen MR) is 126 cm³/mol. The van der Waals surface area contributed by atoms with Gasteiger partial charge in [0.1, 0.15) is 11.8 Å². The molecule has 0 saturated heterocycles. The maximum Gasteiger partial charge on any atom is 0.261 e. The summed E-state index contributed by atoms with van der Waals surface area (Å²) in [5.41, 5.74) is 3.03. The zero-order chi connectivity index (χ0) is 22.9. The van der Waals surface area contributed by atoms with Gasteiger partial charge in [-0.25, -0.2) is 0 Å². The highest BCUT2D eigenvalue weighted by Crippen LogP contribution is 2.15.